The molecule has 0 saturated heterocycles. The van der Waals surface area contributed by atoms with Crippen molar-refractivity contribution < 1.29 is 8.78 Å². The van der Waals surface area contributed by atoms with Crippen molar-refractivity contribution in [2.75, 3.05) is 5.73 Å². The van der Waals surface area contributed by atoms with Crippen molar-refractivity contribution in [2.45, 2.75) is 9.79 Å². The molecular weight excluding hydrogens is 308 g/mol. The van der Waals surface area contributed by atoms with E-state index in [9.17, 15) is 8.78 Å². The number of halogens is 3. The van der Waals surface area contributed by atoms with E-state index < -0.39 is 0 Å². The van der Waals surface area contributed by atoms with E-state index in [0.29, 0.717) is 15.1 Å². The van der Waals surface area contributed by atoms with Gasteiger partial charge in [0.05, 0.1) is 4.47 Å². The van der Waals surface area contributed by atoms with Gasteiger partial charge in [-0.05, 0) is 52.3 Å². The van der Waals surface area contributed by atoms with Gasteiger partial charge in [-0.2, -0.15) is 0 Å². The van der Waals surface area contributed by atoms with Crippen LogP contribution in [-0.4, -0.2) is 0 Å². The van der Waals surface area contributed by atoms with Crippen LogP contribution in [-0.2, 0) is 0 Å². The normalized spacial score (nSPS) is 10.5. The van der Waals surface area contributed by atoms with Crippen molar-refractivity contribution >= 4 is 33.4 Å². The minimum atomic E-state index is -0.371. The van der Waals surface area contributed by atoms with Crippen molar-refractivity contribution in [1.82, 2.24) is 0 Å². The molecule has 5 heteroatoms. The lowest BCUT2D eigenvalue weighted by atomic mass is 10.3. The van der Waals surface area contributed by atoms with Crippen LogP contribution < -0.4 is 5.73 Å². The number of hydrogen-bond acceptors (Lipinski definition) is 2. The van der Waals surface area contributed by atoms with Crippen molar-refractivity contribution in [3.05, 3.63) is 52.5 Å². The Hall–Kier alpha value is -1.07. The maximum Gasteiger partial charge on any atom is 0.138 e. The van der Waals surface area contributed by atoms with E-state index in [1.165, 1.54) is 36.0 Å². The minimum absolute atomic E-state index is 0.302. The van der Waals surface area contributed by atoms with Crippen molar-refractivity contribution in [2.24, 2.45) is 0 Å². The summed E-state index contributed by atoms with van der Waals surface area (Å²) in [6.45, 7) is 0. The number of nitrogen functional groups attached to an aromatic ring is 1. The second kappa shape index (κ2) is 5.06. The fourth-order valence-corrected chi connectivity index (χ4v) is 2.49. The zero-order valence-electron chi connectivity index (χ0n) is 8.58. The first-order valence-corrected chi connectivity index (χ1v) is 6.35. The van der Waals surface area contributed by atoms with Crippen LogP contribution in [0.3, 0.4) is 0 Å². The zero-order valence-corrected chi connectivity index (χ0v) is 11.0. The third-order valence-electron chi connectivity index (χ3n) is 2.09. The monoisotopic (exact) mass is 315 g/mol. The SMILES string of the molecule is Nc1cc(Br)c(F)cc1Sc1ccc(F)cc1. The van der Waals surface area contributed by atoms with Gasteiger partial charge in [0.15, 0.2) is 0 Å². The van der Waals surface area contributed by atoms with Gasteiger partial charge in [0.2, 0.25) is 0 Å². The summed E-state index contributed by atoms with van der Waals surface area (Å²) in [5.41, 5.74) is 6.26. The Balaban J connectivity index is 2.30. The summed E-state index contributed by atoms with van der Waals surface area (Å²) in [5, 5.41) is 0. The maximum absolute atomic E-state index is 13.4. The molecule has 0 bridgehead atoms. The quantitative estimate of drug-likeness (QED) is 0.828. The number of hydrogen-bond donors (Lipinski definition) is 1. The van der Waals surface area contributed by atoms with E-state index in [1.54, 1.807) is 12.1 Å². The van der Waals surface area contributed by atoms with Crippen LogP contribution in [0.5, 0.6) is 0 Å². The molecule has 2 N–H and O–H groups in total. The minimum Gasteiger partial charge on any atom is -0.398 e. The van der Waals surface area contributed by atoms with E-state index in [0.717, 1.165) is 4.90 Å². The number of nitrogens with two attached hydrogens (primary N) is 1. The van der Waals surface area contributed by atoms with E-state index >= 15 is 0 Å². The van der Waals surface area contributed by atoms with Crippen molar-refractivity contribution in [3.8, 4) is 0 Å². The highest BCUT2D eigenvalue weighted by Crippen LogP contribution is 2.34. The summed E-state index contributed by atoms with van der Waals surface area (Å²) in [4.78, 5) is 1.41. The summed E-state index contributed by atoms with van der Waals surface area (Å²) < 4.78 is 26.4. The Kier molecular flexibility index (Phi) is 3.69. The fraction of sp³-hybridized carbons (Fsp3) is 0. The Morgan fingerprint density at radius 3 is 2.35 bits per heavy atom. The molecule has 0 aliphatic carbocycles. The molecule has 0 aliphatic heterocycles. The van der Waals surface area contributed by atoms with E-state index in [1.807, 2.05) is 0 Å². The van der Waals surface area contributed by atoms with Crippen molar-refractivity contribution in [1.29, 1.82) is 0 Å². The second-order valence-corrected chi connectivity index (χ2v) is 5.33. The van der Waals surface area contributed by atoms with Gasteiger partial charge in [0, 0.05) is 15.5 Å². The van der Waals surface area contributed by atoms with Gasteiger partial charge in [-0.25, -0.2) is 8.78 Å². The average Bonchev–Trinajstić information content (AvgIpc) is 2.29. The molecule has 0 atom stereocenters. The van der Waals surface area contributed by atoms with Crippen LogP contribution >= 0.6 is 27.7 Å². The van der Waals surface area contributed by atoms with Gasteiger partial charge in [0.1, 0.15) is 11.6 Å². The first-order chi connectivity index (χ1) is 8.06. The first-order valence-electron chi connectivity index (χ1n) is 4.74. The molecule has 0 spiro atoms. The Morgan fingerprint density at radius 2 is 1.71 bits per heavy atom. The lowest BCUT2D eigenvalue weighted by Crippen LogP contribution is -1.91. The molecule has 17 heavy (non-hydrogen) atoms. The molecule has 1 nitrogen and oxygen atoms in total. The van der Waals surface area contributed by atoms with Gasteiger partial charge in [0.25, 0.3) is 0 Å². The molecule has 0 heterocycles. The average molecular weight is 316 g/mol. The smallest absolute Gasteiger partial charge is 0.138 e. The van der Waals surface area contributed by atoms with Crippen LogP contribution in [0.1, 0.15) is 0 Å². The maximum atomic E-state index is 13.4. The highest BCUT2D eigenvalue weighted by Gasteiger charge is 2.07. The topological polar surface area (TPSA) is 26.0 Å². The van der Waals surface area contributed by atoms with Gasteiger partial charge in [-0.1, -0.05) is 11.8 Å². The second-order valence-electron chi connectivity index (χ2n) is 3.36. The van der Waals surface area contributed by atoms with Gasteiger partial charge in [-0.3, -0.25) is 0 Å². The van der Waals surface area contributed by atoms with E-state index in [2.05, 4.69) is 15.9 Å². The molecule has 2 rings (SSSR count). The molecule has 0 radical (unpaired) electrons. The number of benzene rings is 2. The Bertz CT molecular complexity index is 543. The molecular formula is C12H8BrF2NS. The molecule has 2 aromatic rings. The summed E-state index contributed by atoms with van der Waals surface area (Å²) >= 11 is 4.35. The fourth-order valence-electron chi connectivity index (χ4n) is 1.26. The lowest BCUT2D eigenvalue weighted by Gasteiger charge is -2.06. The largest absolute Gasteiger partial charge is 0.398 e. The summed E-state index contributed by atoms with van der Waals surface area (Å²) in [6, 6.07) is 8.83. The van der Waals surface area contributed by atoms with E-state index in [4.69, 9.17) is 5.73 Å². The molecule has 2 aromatic carbocycles. The standard InChI is InChI=1S/C12H8BrF2NS/c13-9-5-11(16)12(6-10(9)15)17-8-3-1-7(14)2-4-8/h1-6H,16H2. The highest BCUT2D eigenvalue weighted by atomic mass is 79.9. The van der Waals surface area contributed by atoms with Crippen LogP contribution in [0, 0.1) is 11.6 Å². The number of anilines is 1. The summed E-state index contributed by atoms with van der Waals surface area (Å²) in [7, 11) is 0. The zero-order chi connectivity index (χ0) is 12.4. The Labute approximate surface area is 110 Å². The Morgan fingerprint density at radius 1 is 1.06 bits per heavy atom. The van der Waals surface area contributed by atoms with Gasteiger partial charge < -0.3 is 5.73 Å². The van der Waals surface area contributed by atoms with Crippen molar-refractivity contribution in [3.63, 3.8) is 0 Å². The summed E-state index contributed by atoms with van der Waals surface area (Å²) in [5.74, 6) is -0.673. The summed E-state index contributed by atoms with van der Waals surface area (Å²) in [6.07, 6.45) is 0. The third kappa shape index (κ3) is 2.98. The molecule has 0 aromatic heterocycles. The molecule has 0 unspecified atom stereocenters. The molecule has 0 saturated carbocycles. The molecule has 0 fully saturated rings. The van der Waals surface area contributed by atoms with Crippen LogP contribution in [0.25, 0.3) is 0 Å². The van der Waals surface area contributed by atoms with Gasteiger partial charge in [-0.15, -0.1) is 0 Å². The van der Waals surface area contributed by atoms with Crippen LogP contribution in [0.4, 0.5) is 14.5 Å². The first kappa shape index (κ1) is 12.4. The predicted molar refractivity (Wildman–Crippen MR) is 69.0 cm³/mol. The molecule has 88 valence electrons. The molecule has 0 aliphatic rings. The lowest BCUT2D eigenvalue weighted by molar-refractivity contribution is 0.618. The van der Waals surface area contributed by atoms with Crippen LogP contribution in [0.2, 0.25) is 0 Å². The third-order valence-corrected chi connectivity index (χ3v) is 3.78. The number of rotatable bonds is 2. The molecule has 0 amide bonds. The highest BCUT2D eigenvalue weighted by molar-refractivity contribution is 9.10. The van der Waals surface area contributed by atoms with Crippen LogP contribution in [0.15, 0.2) is 50.7 Å². The predicted octanol–water partition coefficient (Wildman–Crippen LogP) is 4.46. The van der Waals surface area contributed by atoms with E-state index in [-0.39, 0.29) is 11.6 Å². The van der Waals surface area contributed by atoms with Gasteiger partial charge >= 0.3 is 0 Å².